The number of benzene rings is 1. The number of carbonyl (C=O) groups excluding carboxylic acids is 2. The zero-order valence-electron chi connectivity index (χ0n) is 23.6. The first-order valence-electron chi connectivity index (χ1n) is 13.6. The highest BCUT2D eigenvalue weighted by atomic mass is 19.4. The maximum atomic E-state index is 13.1. The number of nitrogens with zero attached hydrogens (tertiary/aromatic N) is 5. The van der Waals surface area contributed by atoms with Crippen molar-refractivity contribution in [2.45, 2.75) is 44.5 Å². The molecule has 5 heterocycles. The lowest BCUT2D eigenvalue weighted by Crippen LogP contribution is -2.53. The first-order chi connectivity index (χ1) is 20.3. The summed E-state index contributed by atoms with van der Waals surface area (Å²) >= 11 is 0. The summed E-state index contributed by atoms with van der Waals surface area (Å²) in [6, 6.07) is 6.13. The number of fused-ring (bicyclic) bond motifs is 2. The average molecular weight is 597 g/mol. The lowest BCUT2D eigenvalue weighted by atomic mass is 9.84. The Balaban J connectivity index is 1.30. The number of piperidine rings is 1. The Bertz CT molecular complexity index is 1650. The molecule has 2 aromatic rings. The Morgan fingerprint density at radius 1 is 1.23 bits per heavy atom. The fourth-order valence-electron chi connectivity index (χ4n) is 6.04. The van der Waals surface area contributed by atoms with Gasteiger partial charge in [-0.15, -0.1) is 4.59 Å². The van der Waals surface area contributed by atoms with Gasteiger partial charge in [0.05, 0.1) is 31.1 Å². The van der Waals surface area contributed by atoms with Crippen LogP contribution in [0.5, 0.6) is 5.75 Å². The van der Waals surface area contributed by atoms with E-state index >= 15 is 0 Å². The smallest absolute Gasteiger partial charge is 0.416 e. The number of methoxy groups -OCH3 is 1. The van der Waals surface area contributed by atoms with Gasteiger partial charge in [-0.3, -0.25) is 9.79 Å². The number of pyridine rings is 1. The summed E-state index contributed by atoms with van der Waals surface area (Å²) in [5.74, 6) is 6.56. The molecule has 0 radical (unpaired) electrons. The quantitative estimate of drug-likeness (QED) is 0.384. The second-order valence-electron chi connectivity index (χ2n) is 11.3. The summed E-state index contributed by atoms with van der Waals surface area (Å²) in [6.45, 7) is 4.24. The third-order valence-corrected chi connectivity index (χ3v) is 8.21. The van der Waals surface area contributed by atoms with Crippen LogP contribution in [0.3, 0.4) is 0 Å². The monoisotopic (exact) mass is 596 g/mol. The number of alkyl halides is 3. The zero-order valence-corrected chi connectivity index (χ0v) is 23.6. The molecule has 4 aliphatic heterocycles. The molecule has 6 rings (SSSR count). The van der Waals surface area contributed by atoms with Crippen LogP contribution in [-0.4, -0.2) is 63.8 Å². The summed E-state index contributed by atoms with van der Waals surface area (Å²) in [5, 5.41) is 2.40. The Morgan fingerprint density at radius 3 is 2.77 bits per heavy atom. The van der Waals surface area contributed by atoms with Crippen LogP contribution >= 0.6 is 0 Å². The van der Waals surface area contributed by atoms with Gasteiger partial charge in [0.2, 0.25) is 5.70 Å². The molecule has 3 N–H and O–H groups in total. The summed E-state index contributed by atoms with van der Waals surface area (Å²) in [6.07, 6.45) is 2.43. The number of anilines is 1. The van der Waals surface area contributed by atoms with Gasteiger partial charge >= 0.3 is 12.3 Å². The number of ether oxygens (including phenoxy) is 2. The number of allylic oxidation sites excluding steroid dienone is 1. The molecule has 4 aliphatic rings. The van der Waals surface area contributed by atoms with Gasteiger partial charge in [0.15, 0.2) is 0 Å². The lowest BCUT2D eigenvalue weighted by molar-refractivity contribution is -0.750. The number of hydrogen-bond donors (Lipinski definition) is 2. The lowest BCUT2D eigenvalue weighted by Gasteiger charge is -2.36. The van der Waals surface area contributed by atoms with Crippen LogP contribution in [-0.2, 0) is 10.9 Å². The summed E-state index contributed by atoms with van der Waals surface area (Å²) in [5.41, 5.74) is 0.457. The molecule has 3 atom stereocenters. The van der Waals surface area contributed by atoms with E-state index < -0.39 is 23.2 Å². The average Bonchev–Trinajstić information content (AvgIpc) is 3.40. The normalized spacial score (nSPS) is 25.7. The molecule has 0 saturated carbocycles. The van der Waals surface area contributed by atoms with Gasteiger partial charge in [0.25, 0.3) is 11.7 Å². The minimum Gasteiger partial charge on any atom is -0.496 e. The van der Waals surface area contributed by atoms with Crippen LogP contribution in [0.25, 0.3) is 0 Å². The van der Waals surface area contributed by atoms with Crippen molar-refractivity contribution in [3.63, 3.8) is 0 Å². The molecule has 1 aromatic carbocycles. The molecule has 0 bridgehead atoms. The van der Waals surface area contributed by atoms with E-state index in [2.05, 4.69) is 15.3 Å². The SMILES string of the molecule is COc1cc(C(=O)Nc2cc(C(F)(F)F)ccn2)ccc1C1=NC([C@@H]2CC[C@@H]3N(C2)C(=O)OC3(C)C)=C2C=NC=C[N+]12N. The molecule has 43 heavy (non-hydrogen) atoms. The van der Waals surface area contributed by atoms with E-state index in [-0.39, 0.29) is 39.8 Å². The van der Waals surface area contributed by atoms with E-state index in [0.29, 0.717) is 29.3 Å². The van der Waals surface area contributed by atoms with Crippen molar-refractivity contribution in [3.05, 3.63) is 77.0 Å². The van der Waals surface area contributed by atoms with Crippen molar-refractivity contribution in [2.24, 2.45) is 21.7 Å². The van der Waals surface area contributed by atoms with Gasteiger partial charge in [-0.25, -0.2) is 9.78 Å². The van der Waals surface area contributed by atoms with E-state index in [9.17, 15) is 22.8 Å². The number of nitrogens with one attached hydrogen (secondary N) is 1. The summed E-state index contributed by atoms with van der Waals surface area (Å²) < 4.78 is 50.2. The molecule has 0 spiro atoms. The van der Waals surface area contributed by atoms with E-state index in [1.54, 1.807) is 29.6 Å². The van der Waals surface area contributed by atoms with E-state index in [0.717, 1.165) is 31.2 Å². The molecule has 2 fully saturated rings. The largest absolute Gasteiger partial charge is 0.496 e. The zero-order chi connectivity index (χ0) is 30.7. The number of aliphatic imine (C=N–C) groups is 2. The molecule has 14 heteroatoms. The number of carbonyl (C=O) groups is 2. The number of hydrogen-bond acceptors (Lipinski definition) is 8. The summed E-state index contributed by atoms with van der Waals surface area (Å²) in [7, 11) is 1.43. The number of rotatable bonds is 5. The molecule has 2 amide bonds. The molecular formula is C29H29F3N7O4+. The van der Waals surface area contributed by atoms with E-state index in [4.69, 9.17) is 20.3 Å². The predicted molar refractivity (Wildman–Crippen MR) is 150 cm³/mol. The Kier molecular flexibility index (Phi) is 6.65. The molecule has 2 saturated heterocycles. The third kappa shape index (κ3) is 4.85. The molecule has 1 unspecified atom stereocenters. The van der Waals surface area contributed by atoms with Crippen molar-refractivity contribution in [1.82, 2.24) is 9.88 Å². The Hall–Kier alpha value is -4.56. The molecular weight excluding hydrogens is 567 g/mol. The van der Waals surface area contributed by atoms with Gasteiger partial charge in [-0.2, -0.15) is 24.0 Å². The second-order valence-corrected chi connectivity index (χ2v) is 11.3. The maximum Gasteiger partial charge on any atom is 0.416 e. The van der Waals surface area contributed by atoms with Crippen molar-refractivity contribution < 1.29 is 36.8 Å². The maximum absolute atomic E-state index is 13.1. The van der Waals surface area contributed by atoms with Crippen LogP contribution in [0.2, 0.25) is 0 Å². The van der Waals surface area contributed by atoms with Crippen LogP contribution in [0, 0.1) is 5.92 Å². The van der Waals surface area contributed by atoms with Crippen LogP contribution in [0.1, 0.15) is 48.2 Å². The first-order valence-corrected chi connectivity index (χ1v) is 13.6. The van der Waals surface area contributed by atoms with Crippen molar-refractivity contribution in [2.75, 3.05) is 19.0 Å². The van der Waals surface area contributed by atoms with Crippen molar-refractivity contribution in [1.29, 1.82) is 0 Å². The highest BCUT2D eigenvalue weighted by Crippen LogP contribution is 2.43. The van der Waals surface area contributed by atoms with Gasteiger partial charge in [0, 0.05) is 24.2 Å². The topological polar surface area (TPSA) is 132 Å². The molecule has 224 valence electrons. The fourth-order valence-corrected chi connectivity index (χ4v) is 6.04. The Morgan fingerprint density at radius 2 is 2.02 bits per heavy atom. The first kappa shape index (κ1) is 28.6. The van der Waals surface area contributed by atoms with E-state index in [1.807, 2.05) is 13.8 Å². The number of nitrogens with two attached hydrogens (primary N) is 1. The molecule has 0 aliphatic carbocycles. The highest BCUT2D eigenvalue weighted by Gasteiger charge is 2.53. The standard InChI is InChI=1S/C29H28F3N7O4/c1-28(2)22-7-5-17(15-38(22)27(41)43-28)24-20-14-34-10-11-39(20,33)25(37-24)19-6-4-16(12-21(19)42-3)26(40)36-23-13-18(8-9-35-23)29(30,31)32/h4,6,8-14,17,22H,5,7,15,33H2,1-3H3/p+1/t17-,22+,39?/m1/s1. The van der Waals surface area contributed by atoms with E-state index in [1.165, 1.54) is 19.2 Å². The number of halogens is 3. The van der Waals surface area contributed by atoms with Gasteiger partial charge in [-0.05, 0) is 57.0 Å². The van der Waals surface area contributed by atoms with Crippen LogP contribution in [0.15, 0.2) is 70.3 Å². The van der Waals surface area contributed by atoms with Gasteiger partial charge in [-0.1, -0.05) is 0 Å². The number of amidine groups is 1. The van der Waals surface area contributed by atoms with Crippen molar-refractivity contribution >= 4 is 29.9 Å². The minimum atomic E-state index is -4.58. The summed E-state index contributed by atoms with van der Waals surface area (Å²) in [4.78, 5) is 40.5. The molecule has 1 aromatic heterocycles. The van der Waals surface area contributed by atoms with Crippen molar-refractivity contribution in [3.8, 4) is 5.75 Å². The molecule has 11 nitrogen and oxygen atoms in total. The van der Waals surface area contributed by atoms with Crippen LogP contribution < -0.4 is 15.9 Å². The fraction of sp³-hybridized carbons (Fsp3) is 0.345. The number of amides is 2. The highest BCUT2D eigenvalue weighted by molar-refractivity contribution is 6.07. The second kappa shape index (κ2) is 10.0. The Labute approximate surface area is 244 Å². The number of quaternary nitrogens is 1. The predicted octanol–water partition coefficient (Wildman–Crippen LogP) is 4.59. The van der Waals surface area contributed by atoms with Gasteiger partial charge < -0.3 is 19.7 Å². The number of aromatic nitrogens is 1. The van der Waals surface area contributed by atoms with Gasteiger partial charge in [0.1, 0.15) is 34.6 Å². The third-order valence-electron chi connectivity index (χ3n) is 8.21. The number of cyclic esters (lactones) is 1. The minimum absolute atomic E-state index is 0.0336. The van der Waals surface area contributed by atoms with Crippen LogP contribution in [0.4, 0.5) is 23.8 Å².